The molecule has 0 atom stereocenters. The summed E-state index contributed by atoms with van der Waals surface area (Å²) in [7, 11) is 1.97. The molecule has 2 rings (SSSR count). The number of carbonyl (C=O) groups is 1. The smallest absolute Gasteiger partial charge is 0.226 e. The molecule has 4 heteroatoms. The Balaban J connectivity index is 2.01. The summed E-state index contributed by atoms with van der Waals surface area (Å²) in [4.78, 5) is 12.4. The number of rotatable bonds is 6. The topological polar surface area (TPSA) is 50.4 Å². The number of amides is 1. The van der Waals surface area contributed by atoms with Gasteiger partial charge >= 0.3 is 0 Å². The molecule has 0 aliphatic heterocycles. The number of hydrogen-bond acceptors (Lipinski definition) is 3. The van der Waals surface area contributed by atoms with Crippen LogP contribution in [0.2, 0.25) is 0 Å². The molecular weight excluding hydrogens is 264 g/mol. The lowest BCUT2D eigenvalue weighted by Gasteiger charge is -2.36. The van der Waals surface area contributed by atoms with Crippen LogP contribution in [-0.2, 0) is 4.79 Å². The van der Waals surface area contributed by atoms with Crippen LogP contribution < -0.4 is 15.4 Å². The van der Waals surface area contributed by atoms with Crippen LogP contribution >= 0.6 is 0 Å². The zero-order valence-electron chi connectivity index (χ0n) is 13.1. The van der Waals surface area contributed by atoms with Crippen molar-refractivity contribution in [1.82, 2.24) is 5.32 Å². The average Bonchev–Trinajstić information content (AvgIpc) is 2.50. The number of benzene rings is 1. The summed E-state index contributed by atoms with van der Waals surface area (Å²) < 4.78 is 5.55. The van der Waals surface area contributed by atoms with Gasteiger partial charge in [0.1, 0.15) is 5.75 Å². The Kier molecular flexibility index (Phi) is 5.62. The predicted molar refractivity (Wildman–Crippen MR) is 85.7 cm³/mol. The maximum atomic E-state index is 12.4. The molecule has 1 aliphatic rings. The molecule has 0 saturated heterocycles. The predicted octanol–water partition coefficient (Wildman–Crippen LogP) is 3.34. The fourth-order valence-corrected chi connectivity index (χ4v) is 3.10. The van der Waals surface area contributed by atoms with E-state index in [0.717, 1.165) is 24.3 Å². The molecule has 21 heavy (non-hydrogen) atoms. The second kappa shape index (κ2) is 7.46. The molecule has 1 amide bonds. The molecule has 4 nitrogen and oxygen atoms in total. The summed E-state index contributed by atoms with van der Waals surface area (Å²) in [6.45, 7) is 2.53. The molecule has 0 unspecified atom stereocenters. The van der Waals surface area contributed by atoms with Crippen molar-refractivity contribution in [3.05, 3.63) is 24.3 Å². The van der Waals surface area contributed by atoms with Crippen LogP contribution in [0.4, 0.5) is 5.69 Å². The Morgan fingerprint density at radius 1 is 1.24 bits per heavy atom. The van der Waals surface area contributed by atoms with Gasteiger partial charge in [0.2, 0.25) is 5.91 Å². The van der Waals surface area contributed by atoms with Crippen molar-refractivity contribution < 1.29 is 9.53 Å². The van der Waals surface area contributed by atoms with Gasteiger partial charge in [0, 0.05) is 12.0 Å². The van der Waals surface area contributed by atoms with Crippen LogP contribution in [0.25, 0.3) is 0 Å². The monoisotopic (exact) mass is 290 g/mol. The second-order valence-corrected chi connectivity index (χ2v) is 5.75. The van der Waals surface area contributed by atoms with E-state index in [-0.39, 0.29) is 11.4 Å². The molecule has 1 saturated carbocycles. The number of anilines is 1. The summed E-state index contributed by atoms with van der Waals surface area (Å²) in [5, 5.41) is 6.38. The molecule has 0 spiro atoms. The highest BCUT2D eigenvalue weighted by atomic mass is 16.5. The third-order valence-electron chi connectivity index (χ3n) is 4.30. The fraction of sp³-hybridized carbons (Fsp3) is 0.588. The molecule has 1 aromatic rings. The van der Waals surface area contributed by atoms with Gasteiger partial charge in [0.05, 0.1) is 12.3 Å². The number of para-hydroxylation sites is 2. The van der Waals surface area contributed by atoms with E-state index in [0.29, 0.717) is 13.0 Å². The third kappa shape index (κ3) is 4.21. The summed E-state index contributed by atoms with van der Waals surface area (Å²) in [6, 6.07) is 7.59. The van der Waals surface area contributed by atoms with E-state index in [9.17, 15) is 4.79 Å². The minimum absolute atomic E-state index is 0.0388. The maximum Gasteiger partial charge on any atom is 0.226 e. The van der Waals surface area contributed by atoms with Crippen molar-refractivity contribution in [3.63, 3.8) is 0 Å². The lowest BCUT2D eigenvalue weighted by molar-refractivity contribution is -0.117. The highest BCUT2D eigenvalue weighted by molar-refractivity contribution is 5.93. The Bertz CT molecular complexity index is 468. The Morgan fingerprint density at radius 2 is 1.95 bits per heavy atom. The van der Waals surface area contributed by atoms with Crippen LogP contribution in [0, 0.1) is 0 Å². The quantitative estimate of drug-likeness (QED) is 0.845. The van der Waals surface area contributed by atoms with Crippen molar-refractivity contribution in [3.8, 4) is 5.75 Å². The molecule has 0 bridgehead atoms. The molecule has 116 valence electrons. The largest absolute Gasteiger partial charge is 0.492 e. The Morgan fingerprint density at radius 3 is 2.62 bits per heavy atom. The highest BCUT2D eigenvalue weighted by Crippen LogP contribution is 2.31. The van der Waals surface area contributed by atoms with Gasteiger partial charge in [0.15, 0.2) is 0 Å². The standard InChI is InChI=1S/C17H26N2O2/c1-3-21-15-10-6-5-9-14(15)19-16(20)13-17(18-2)11-7-4-8-12-17/h5-6,9-10,18H,3-4,7-8,11-13H2,1-2H3,(H,19,20). The highest BCUT2D eigenvalue weighted by Gasteiger charge is 2.32. The molecule has 0 radical (unpaired) electrons. The molecule has 1 aromatic carbocycles. The van der Waals surface area contributed by atoms with E-state index >= 15 is 0 Å². The van der Waals surface area contributed by atoms with E-state index in [1.807, 2.05) is 38.2 Å². The normalized spacial score (nSPS) is 17.2. The lowest BCUT2D eigenvalue weighted by Crippen LogP contribution is -2.47. The van der Waals surface area contributed by atoms with Gasteiger partial charge in [-0.25, -0.2) is 0 Å². The van der Waals surface area contributed by atoms with Crippen LogP contribution in [-0.4, -0.2) is 25.1 Å². The van der Waals surface area contributed by atoms with E-state index in [1.165, 1.54) is 19.3 Å². The zero-order chi connectivity index (χ0) is 15.1. The molecule has 0 heterocycles. The number of ether oxygens (including phenoxy) is 1. The zero-order valence-corrected chi connectivity index (χ0v) is 13.1. The fourth-order valence-electron chi connectivity index (χ4n) is 3.10. The first-order chi connectivity index (χ1) is 10.2. The van der Waals surface area contributed by atoms with Crippen LogP contribution in [0.3, 0.4) is 0 Å². The minimum Gasteiger partial charge on any atom is -0.492 e. The molecule has 0 aromatic heterocycles. The van der Waals surface area contributed by atoms with Gasteiger partial charge in [-0.15, -0.1) is 0 Å². The van der Waals surface area contributed by atoms with Gasteiger partial charge in [0.25, 0.3) is 0 Å². The van der Waals surface area contributed by atoms with Crippen LogP contribution in [0.1, 0.15) is 45.4 Å². The van der Waals surface area contributed by atoms with Gasteiger partial charge in [-0.05, 0) is 38.9 Å². The number of hydrogen-bond donors (Lipinski definition) is 2. The lowest BCUT2D eigenvalue weighted by atomic mass is 9.79. The Hall–Kier alpha value is -1.55. The first-order valence-electron chi connectivity index (χ1n) is 7.90. The van der Waals surface area contributed by atoms with Crippen molar-refractivity contribution in [2.75, 3.05) is 19.0 Å². The average molecular weight is 290 g/mol. The SMILES string of the molecule is CCOc1ccccc1NC(=O)CC1(NC)CCCCC1. The number of carbonyl (C=O) groups excluding carboxylic acids is 1. The van der Waals surface area contributed by atoms with E-state index in [2.05, 4.69) is 10.6 Å². The van der Waals surface area contributed by atoms with Gasteiger partial charge in [-0.2, -0.15) is 0 Å². The van der Waals surface area contributed by atoms with Crippen molar-refractivity contribution in [2.24, 2.45) is 0 Å². The first-order valence-corrected chi connectivity index (χ1v) is 7.90. The molecular formula is C17H26N2O2. The van der Waals surface area contributed by atoms with Crippen LogP contribution in [0.15, 0.2) is 24.3 Å². The van der Waals surface area contributed by atoms with Gasteiger partial charge in [-0.1, -0.05) is 31.4 Å². The molecule has 1 fully saturated rings. The first kappa shape index (κ1) is 15.8. The maximum absolute atomic E-state index is 12.4. The molecule has 1 aliphatic carbocycles. The van der Waals surface area contributed by atoms with Crippen molar-refractivity contribution in [1.29, 1.82) is 0 Å². The summed E-state index contributed by atoms with van der Waals surface area (Å²) in [5.74, 6) is 0.786. The number of nitrogens with one attached hydrogen (secondary N) is 2. The Labute approximate surface area is 127 Å². The van der Waals surface area contributed by atoms with Crippen molar-refractivity contribution >= 4 is 11.6 Å². The summed E-state index contributed by atoms with van der Waals surface area (Å²) >= 11 is 0. The minimum atomic E-state index is -0.0388. The summed E-state index contributed by atoms with van der Waals surface area (Å²) in [6.07, 6.45) is 6.34. The van der Waals surface area contributed by atoms with Gasteiger partial charge in [-0.3, -0.25) is 4.79 Å². The van der Waals surface area contributed by atoms with E-state index < -0.39 is 0 Å². The van der Waals surface area contributed by atoms with Crippen molar-refractivity contribution in [2.45, 2.75) is 51.0 Å². The third-order valence-corrected chi connectivity index (χ3v) is 4.30. The van der Waals surface area contributed by atoms with E-state index in [4.69, 9.17) is 4.74 Å². The second-order valence-electron chi connectivity index (χ2n) is 5.75. The van der Waals surface area contributed by atoms with E-state index in [1.54, 1.807) is 0 Å². The van der Waals surface area contributed by atoms with Gasteiger partial charge < -0.3 is 15.4 Å². The molecule has 2 N–H and O–H groups in total. The van der Waals surface area contributed by atoms with Crippen LogP contribution in [0.5, 0.6) is 5.75 Å². The summed E-state index contributed by atoms with van der Waals surface area (Å²) in [5.41, 5.74) is 0.717.